The molecule has 0 unspecified atom stereocenters. The Kier molecular flexibility index (Phi) is 5.58. The molecule has 28 heavy (non-hydrogen) atoms. The van der Waals surface area contributed by atoms with Gasteiger partial charge in [0, 0.05) is 23.6 Å². The number of hydrogen-bond donors (Lipinski definition) is 1. The summed E-state index contributed by atoms with van der Waals surface area (Å²) >= 11 is 6.57. The molecule has 0 spiro atoms. The summed E-state index contributed by atoms with van der Waals surface area (Å²) in [5, 5.41) is 9.32. The van der Waals surface area contributed by atoms with Gasteiger partial charge in [0.05, 0.1) is 10.5 Å². The largest absolute Gasteiger partial charge is 0.478 e. The quantitative estimate of drug-likeness (QED) is 0.445. The summed E-state index contributed by atoms with van der Waals surface area (Å²) in [6.07, 6.45) is 3.50. The van der Waals surface area contributed by atoms with Crippen molar-refractivity contribution in [3.8, 4) is 5.69 Å². The summed E-state index contributed by atoms with van der Waals surface area (Å²) in [6, 6.07) is 7.06. The molecule has 0 radical (unpaired) electrons. The SMILES string of the molecule is C=CCN1C(=O)/C(=C/c2cc(C)n(-c3cc(C(=O)O)ccc3C)c2C)SC1=S. The van der Waals surface area contributed by atoms with Crippen LogP contribution in [0.3, 0.4) is 0 Å². The van der Waals surface area contributed by atoms with Crippen LogP contribution < -0.4 is 0 Å². The standard InChI is InChI=1S/C21H20N2O3S2/c1-5-8-22-19(24)18(28-21(22)27)11-16-9-13(3)23(14(16)4)17-10-15(20(25)26)7-6-12(17)2/h5-7,9-11H,1,8H2,2-4H3,(H,25,26)/b18-11-. The number of benzene rings is 1. The van der Waals surface area contributed by atoms with Gasteiger partial charge in [0.1, 0.15) is 4.32 Å². The summed E-state index contributed by atoms with van der Waals surface area (Å²) in [5.74, 6) is -1.08. The molecule has 3 rings (SSSR count). The van der Waals surface area contributed by atoms with Crippen LogP contribution in [0.2, 0.25) is 0 Å². The normalized spacial score (nSPS) is 15.5. The molecule has 7 heteroatoms. The van der Waals surface area contributed by atoms with Crippen molar-refractivity contribution in [1.29, 1.82) is 0 Å². The number of thioether (sulfide) groups is 1. The highest BCUT2D eigenvalue weighted by Crippen LogP contribution is 2.34. The average Bonchev–Trinajstić information content (AvgIpc) is 3.06. The van der Waals surface area contributed by atoms with E-state index in [4.69, 9.17) is 12.2 Å². The minimum Gasteiger partial charge on any atom is -0.478 e. The van der Waals surface area contributed by atoms with E-state index in [0.717, 1.165) is 28.2 Å². The molecule has 1 aliphatic rings. The number of carboxylic acid groups (broad SMARTS) is 1. The zero-order valence-corrected chi connectivity index (χ0v) is 17.5. The predicted molar refractivity (Wildman–Crippen MR) is 117 cm³/mol. The van der Waals surface area contributed by atoms with Crippen LogP contribution in [0.5, 0.6) is 0 Å². The Labute approximate surface area is 173 Å². The lowest BCUT2D eigenvalue weighted by Crippen LogP contribution is -2.27. The fourth-order valence-electron chi connectivity index (χ4n) is 3.22. The number of aromatic nitrogens is 1. The Bertz CT molecular complexity index is 1050. The van der Waals surface area contributed by atoms with Crippen LogP contribution in [0, 0.1) is 20.8 Å². The number of aromatic carboxylic acids is 1. The number of amides is 1. The second kappa shape index (κ2) is 7.77. The van der Waals surface area contributed by atoms with E-state index >= 15 is 0 Å². The molecule has 0 aliphatic carbocycles. The molecule has 2 heterocycles. The van der Waals surface area contributed by atoms with E-state index in [9.17, 15) is 14.7 Å². The van der Waals surface area contributed by atoms with Gasteiger partial charge in [-0.25, -0.2) is 4.79 Å². The van der Waals surface area contributed by atoms with Crippen molar-refractivity contribution in [2.45, 2.75) is 20.8 Å². The molecule has 1 N–H and O–H groups in total. The lowest BCUT2D eigenvalue weighted by Gasteiger charge is -2.13. The first kappa shape index (κ1) is 20.1. The molecule has 1 fully saturated rings. The van der Waals surface area contributed by atoms with Gasteiger partial charge in [0.2, 0.25) is 0 Å². The van der Waals surface area contributed by atoms with Crippen molar-refractivity contribution in [3.05, 3.63) is 69.9 Å². The van der Waals surface area contributed by atoms with Crippen molar-refractivity contribution in [1.82, 2.24) is 9.47 Å². The number of carbonyl (C=O) groups is 2. The van der Waals surface area contributed by atoms with E-state index < -0.39 is 5.97 Å². The highest BCUT2D eigenvalue weighted by Gasteiger charge is 2.31. The highest BCUT2D eigenvalue weighted by molar-refractivity contribution is 8.26. The minimum absolute atomic E-state index is 0.122. The molecule has 5 nitrogen and oxygen atoms in total. The highest BCUT2D eigenvalue weighted by atomic mass is 32.2. The number of nitrogens with zero attached hydrogens (tertiary/aromatic N) is 2. The van der Waals surface area contributed by atoms with E-state index in [1.807, 2.05) is 37.5 Å². The Morgan fingerprint density at radius 2 is 2.00 bits per heavy atom. The zero-order valence-electron chi connectivity index (χ0n) is 15.9. The molecule has 2 aromatic rings. The lowest BCUT2D eigenvalue weighted by atomic mass is 10.1. The molecule has 1 aliphatic heterocycles. The maximum absolute atomic E-state index is 12.6. The smallest absolute Gasteiger partial charge is 0.335 e. The van der Waals surface area contributed by atoms with Crippen LogP contribution in [0.4, 0.5) is 0 Å². The number of thiocarbonyl (C=S) groups is 1. The van der Waals surface area contributed by atoms with Gasteiger partial charge in [-0.05, 0) is 56.2 Å². The Balaban J connectivity index is 2.06. The van der Waals surface area contributed by atoms with Gasteiger partial charge in [-0.3, -0.25) is 9.69 Å². The minimum atomic E-state index is -0.963. The molecular weight excluding hydrogens is 392 g/mol. The summed E-state index contributed by atoms with van der Waals surface area (Å²) in [4.78, 5) is 26.1. The second-order valence-electron chi connectivity index (χ2n) is 6.55. The lowest BCUT2D eigenvalue weighted by molar-refractivity contribution is -0.121. The molecule has 0 saturated carbocycles. The number of rotatable bonds is 5. The zero-order chi connectivity index (χ0) is 20.6. The molecule has 1 saturated heterocycles. The van der Waals surface area contributed by atoms with E-state index in [1.165, 1.54) is 16.7 Å². The number of hydrogen-bond acceptors (Lipinski definition) is 4. The fraction of sp³-hybridized carbons (Fsp3) is 0.190. The van der Waals surface area contributed by atoms with Gasteiger partial charge in [-0.15, -0.1) is 6.58 Å². The van der Waals surface area contributed by atoms with E-state index in [-0.39, 0.29) is 11.5 Å². The Morgan fingerprint density at radius 3 is 2.64 bits per heavy atom. The first-order valence-corrected chi connectivity index (χ1v) is 9.86. The third-order valence-corrected chi connectivity index (χ3v) is 6.02. The molecule has 0 atom stereocenters. The van der Waals surface area contributed by atoms with Gasteiger partial charge in [-0.2, -0.15) is 0 Å². The first-order chi connectivity index (χ1) is 13.2. The van der Waals surface area contributed by atoms with Crippen LogP contribution in [-0.4, -0.2) is 37.3 Å². The van der Waals surface area contributed by atoms with Crippen molar-refractivity contribution >= 4 is 46.3 Å². The van der Waals surface area contributed by atoms with Crippen LogP contribution in [0.15, 0.2) is 41.8 Å². The van der Waals surface area contributed by atoms with Crippen LogP contribution in [0.1, 0.15) is 32.9 Å². The number of aryl methyl sites for hydroxylation is 2. The van der Waals surface area contributed by atoms with Crippen molar-refractivity contribution in [2.24, 2.45) is 0 Å². The van der Waals surface area contributed by atoms with Gasteiger partial charge in [0.25, 0.3) is 5.91 Å². The van der Waals surface area contributed by atoms with Gasteiger partial charge in [-0.1, -0.05) is 36.1 Å². The molecule has 0 bridgehead atoms. The van der Waals surface area contributed by atoms with Crippen LogP contribution >= 0.6 is 24.0 Å². The fourth-order valence-corrected chi connectivity index (χ4v) is 4.48. The maximum Gasteiger partial charge on any atom is 0.335 e. The second-order valence-corrected chi connectivity index (χ2v) is 8.23. The van der Waals surface area contributed by atoms with Gasteiger partial charge in [0.15, 0.2) is 0 Å². The molecular formula is C21H20N2O3S2. The Morgan fingerprint density at radius 1 is 1.29 bits per heavy atom. The summed E-state index contributed by atoms with van der Waals surface area (Å²) in [6.45, 7) is 9.91. The first-order valence-electron chi connectivity index (χ1n) is 8.64. The third kappa shape index (κ3) is 3.55. The third-order valence-electron chi connectivity index (χ3n) is 4.64. The van der Waals surface area contributed by atoms with E-state index in [1.54, 1.807) is 24.3 Å². The molecule has 1 aromatic carbocycles. The average molecular weight is 413 g/mol. The maximum atomic E-state index is 12.6. The Hall–Kier alpha value is -2.64. The topological polar surface area (TPSA) is 62.5 Å². The summed E-state index contributed by atoms with van der Waals surface area (Å²) < 4.78 is 2.54. The van der Waals surface area contributed by atoms with Crippen molar-refractivity contribution in [3.63, 3.8) is 0 Å². The number of carbonyl (C=O) groups excluding carboxylic acids is 1. The van der Waals surface area contributed by atoms with Crippen LogP contribution in [0.25, 0.3) is 11.8 Å². The summed E-state index contributed by atoms with van der Waals surface area (Å²) in [7, 11) is 0. The molecule has 144 valence electrons. The van der Waals surface area contributed by atoms with Gasteiger partial charge < -0.3 is 9.67 Å². The predicted octanol–water partition coefficient (Wildman–Crippen LogP) is 4.49. The van der Waals surface area contributed by atoms with Crippen LogP contribution in [-0.2, 0) is 4.79 Å². The van der Waals surface area contributed by atoms with Crippen molar-refractivity contribution in [2.75, 3.05) is 6.54 Å². The monoisotopic (exact) mass is 412 g/mol. The number of carboxylic acids is 1. The van der Waals surface area contributed by atoms with E-state index in [0.29, 0.717) is 15.8 Å². The van der Waals surface area contributed by atoms with Crippen molar-refractivity contribution < 1.29 is 14.7 Å². The van der Waals surface area contributed by atoms with E-state index in [2.05, 4.69) is 6.58 Å². The molecule has 1 amide bonds. The molecule has 1 aromatic heterocycles. The summed E-state index contributed by atoms with van der Waals surface area (Å²) in [5.41, 5.74) is 4.80. The van der Waals surface area contributed by atoms with Gasteiger partial charge >= 0.3 is 5.97 Å².